The van der Waals surface area contributed by atoms with E-state index in [9.17, 15) is 0 Å². The van der Waals surface area contributed by atoms with Crippen molar-refractivity contribution in [3.63, 3.8) is 0 Å². The van der Waals surface area contributed by atoms with Gasteiger partial charge in [-0.1, -0.05) is 92.4 Å². The summed E-state index contributed by atoms with van der Waals surface area (Å²) in [5, 5.41) is 6.34. The van der Waals surface area contributed by atoms with Crippen LogP contribution >= 0.6 is 0 Å². The maximum atomic E-state index is 9.16. The normalized spacial score (nSPS) is 14.7. The second-order valence-corrected chi connectivity index (χ2v) is 16.9. The van der Waals surface area contributed by atoms with Gasteiger partial charge in [0.25, 0.3) is 0 Å². The Bertz CT molecular complexity index is 2330. The molecule has 2 aromatic heterocycles. The van der Waals surface area contributed by atoms with Crippen LogP contribution in [0, 0.1) is 13.8 Å². The van der Waals surface area contributed by atoms with Crippen LogP contribution in [-0.2, 0) is 13.0 Å². The third-order valence-electron chi connectivity index (χ3n) is 7.96. The highest BCUT2D eigenvalue weighted by atomic mass is 28.3. The zero-order valence-corrected chi connectivity index (χ0v) is 25.1. The standard InChI is InChI=1S/C38H36NOSi/c1-24-12-17-32-33-19-15-27-13-14-29-20-28(26-10-8-7-9-11-26)16-18-31(29)36(27)38(33)40-37(32)35(24)34-21-30(23-41(4,5)6)25(2)22-39(34)3/h7-22H,23H2,1-6H3/q+1/i2D3,23D2. The minimum Gasteiger partial charge on any atom is -0.454 e. The summed E-state index contributed by atoms with van der Waals surface area (Å²) in [5.41, 5.74) is 6.63. The molecule has 0 amide bonds. The predicted molar refractivity (Wildman–Crippen MR) is 177 cm³/mol. The van der Waals surface area contributed by atoms with E-state index in [2.05, 4.69) is 78.9 Å². The monoisotopic (exact) mass is 555 g/mol. The molecule has 41 heavy (non-hydrogen) atoms. The van der Waals surface area contributed by atoms with Gasteiger partial charge in [0.2, 0.25) is 5.69 Å². The molecule has 0 saturated heterocycles. The molecule has 0 bridgehead atoms. The summed E-state index contributed by atoms with van der Waals surface area (Å²) >= 11 is 0. The van der Waals surface area contributed by atoms with Crippen molar-refractivity contribution in [1.82, 2.24) is 0 Å². The highest BCUT2D eigenvalue weighted by Crippen LogP contribution is 2.42. The van der Waals surface area contributed by atoms with Crippen LogP contribution in [0.25, 0.3) is 65.9 Å². The number of fused-ring (bicyclic) bond motifs is 7. The van der Waals surface area contributed by atoms with Gasteiger partial charge in [-0.15, -0.1) is 0 Å². The Hall–Kier alpha value is -4.21. The van der Waals surface area contributed by atoms with Crippen molar-refractivity contribution in [2.45, 2.75) is 39.4 Å². The van der Waals surface area contributed by atoms with Gasteiger partial charge in [-0.2, -0.15) is 0 Å². The van der Waals surface area contributed by atoms with Crippen LogP contribution in [0.4, 0.5) is 0 Å². The van der Waals surface area contributed by atoms with Crippen LogP contribution in [-0.4, -0.2) is 8.07 Å². The molecule has 0 spiro atoms. The summed E-state index contributed by atoms with van der Waals surface area (Å²) in [6.45, 7) is 5.37. The Morgan fingerprint density at radius 3 is 2.24 bits per heavy atom. The minimum atomic E-state index is -2.50. The number of aryl methyl sites for hydroxylation is 3. The molecule has 2 nitrogen and oxygen atoms in total. The van der Waals surface area contributed by atoms with Crippen LogP contribution in [0.5, 0.6) is 0 Å². The summed E-state index contributed by atoms with van der Waals surface area (Å²) < 4.78 is 51.8. The van der Waals surface area contributed by atoms with Gasteiger partial charge in [-0.25, -0.2) is 4.57 Å². The second-order valence-electron chi connectivity index (χ2n) is 12.1. The van der Waals surface area contributed by atoms with E-state index in [-0.39, 0.29) is 11.1 Å². The van der Waals surface area contributed by atoms with Crippen molar-refractivity contribution in [2.24, 2.45) is 7.05 Å². The Morgan fingerprint density at radius 2 is 1.46 bits per heavy atom. The average Bonchev–Trinajstić information content (AvgIpc) is 3.38. The largest absolute Gasteiger partial charge is 0.454 e. The zero-order chi connectivity index (χ0) is 32.8. The van der Waals surface area contributed by atoms with E-state index in [1.165, 1.54) is 5.56 Å². The molecule has 202 valence electrons. The Kier molecular flexibility index (Phi) is 4.74. The van der Waals surface area contributed by atoms with Crippen molar-refractivity contribution in [3.8, 4) is 22.4 Å². The molecule has 7 rings (SSSR count). The van der Waals surface area contributed by atoms with Crippen molar-refractivity contribution in [3.05, 3.63) is 114 Å². The predicted octanol–water partition coefficient (Wildman–Crippen LogP) is 10.1. The third-order valence-corrected chi connectivity index (χ3v) is 8.98. The van der Waals surface area contributed by atoms with Crippen LogP contribution in [0.3, 0.4) is 0 Å². The van der Waals surface area contributed by atoms with Gasteiger partial charge in [-0.05, 0) is 70.3 Å². The van der Waals surface area contributed by atoms with E-state index >= 15 is 0 Å². The summed E-state index contributed by atoms with van der Waals surface area (Å²) in [7, 11) is -0.677. The molecule has 0 unspecified atom stereocenters. The highest BCUT2D eigenvalue weighted by molar-refractivity contribution is 6.75. The average molecular weight is 556 g/mol. The van der Waals surface area contributed by atoms with Gasteiger partial charge in [0.05, 0.1) is 5.56 Å². The molecule has 0 fully saturated rings. The molecule has 0 atom stereocenters. The molecule has 0 saturated carbocycles. The molecule has 0 aliphatic rings. The fourth-order valence-corrected chi connectivity index (χ4v) is 7.09. The van der Waals surface area contributed by atoms with E-state index < -0.39 is 20.9 Å². The maximum Gasteiger partial charge on any atom is 0.216 e. The topological polar surface area (TPSA) is 17.0 Å². The summed E-state index contributed by atoms with van der Waals surface area (Å²) in [5.74, 6) is -1.77. The zero-order valence-electron chi connectivity index (χ0n) is 29.1. The number of pyridine rings is 1. The molecule has 5 aromatic carbocycles. The van der Waals surface area contributed by atoms with Crippen molar-refractivity contribution in [1.29, 1.82) is 0 Å². The second kappa shape index (κ2) is 9.42. The number of hydrogen-bond donors (Lipinski definition) is 0. The lowest BCUT2D eigenvalue weighted by Gasteiger charge is -2.17. The smallest absolute Gasteiger partial charge is 0.216 e. The molecule has 0 aliphatic carbocycles. The number of rotatable bonds is 4. The van der Waals surface area contributed by atoms with Crippen LogP contribution < -0.4 is 4.57 Å². The Balaban J connectivity index is 1.52. The van der Waals surface area contributed by atoms with Crippen LogP contribution in [0.15, 0.2) is 102 Å². The lowest BCUT2D eigenvalue weighted by atomic mass is 9.95. The van der Waals surface area contributed by atoms with E-state index in [1.54, 1.807) is 16.8 Å². The fourth-order valence-electron chi connectivity index (χ4n) is 6.08. The third kappa shape index (κ3) is 4.36. The first-order valence-electron chi connectivity index (χ1n) is 16.6. The van der Waals surface area contributed by atoms with Gasteiger partial charge in [0.1, 0.15) is 18.2 Å². The quantitative estimate of drug-likeness (QED) is 0.120. The Morgan fingerprint density at radius 1 is 0.756 bits per heavy atom. The van der Waals surface area contributed by atoms with Gasteiger partial charge in [0, 0.05) is 42.7 Å². The number of benzene rings is 5. The van der Waals surface area contributed by atoms with E-state index in [1.807, 2.05) is 39.7 Å². The first-order chi connectivity index (χ1) is 21.7. The van der Waals surface area contributed by atoms with E-state index in [0.717, 1.165) is 54.6 Å². The van der Waals surface area contributed by atoms with Gasteiger partial charge >= 0.3 is 0 Å². The molecule has 0 N–H and O–H groups in total. The first kappa shape index (κ1) is 20.6. The molecule has 3 heteroatoms. The van der Waals surface area contributed by atoms with E-state index in [4.69, 9.17) is 11.3 Å². The number of hydrogen-bond acceptors (Lipinski definition) is 1. The van der Waals surface area contributed by atoms with Gasteiger partial charge in [-0.3, -0.25) is 0 Å². The van der Waals surface area contributed by atoms with Crippen molar-refractivity contribution in [2.75, 3.05) is 0 Å². The first-order valence-corrected chi connectivity index (χ1v) is 17.6. The van der Waals surface area contributed by atoms with E-state index in [0.29, 0.717) is 11.3 Å². The summed E-state index contributed by atoms with van der Waals surface area (Å²) in [6.07, 6.45) is 1.59. The lowest BCUT2D eigenvalue weighted by Crippen LogP contribution is -2.33. The van der Waals surface area contributed by atoms with Crippen LogP contribution in [0.2, 0.25) is 19.6 Å². The molecule has 7 aromatic rings. The fraction of sp³-hybridized carbons (Fsp3) is 0.184. The maximum absolute atomic E-state index is 9.16. The van der Waals surface area contributed by atoms with Crippen LogP contribution in [0.1, 0.15) is 23.5 Å². The Labute approximate surface area is 249 Å². The lowest BCUT2D eigenvalue weighted by molar-refractivity contribution is -0.660. The molecule has 0 aliphatic heterocycles. The molecular weight excluding hydrogens is 515 g/mol. The van der Waals surface area contributed by atoms with Crippen molar-refractivity contribution < 1.29 is 15.8 Å². The molecular formula is C38H36NOSi+. The van der Waals surface area contributed by atoms with Gasteiger partial charge < -0.3 is 4.42 Å². The number of nitrogens with zero attached hydrogens (tertiary/aromatic N) is 1. The number of furan rings is 1. The minimum absolute atomic E-state index is 0.0490. The summed E-state index contributed by atoms with van der Waals surface area (Å²) in [6, 6.07) is 31.4. The molecule has 2 heterocycles. The van der Waals surface area contributed by atoms with Crippen molar-refractivity contribution >= 4 is 51.6 Å². The summed E-state index contributed by atoms with van der Waals surface area (Å²) in [4.78, 5) is 0. The highest BCUT2D eigenvalue weighted by Gasteiger charge is 2.25. The van der Waals surface area contributed by atoms with Gasteiger partial charge in [0.15, 0.2) is 6.20 Å². The SMILES string of the molecule is [2H]C([2H])([2H])c1c[n+](C)c(-c2c(C)ccc3c2oc2c3ccc3ccc4cc(-c5ccccc5)ccc4c32)cc1C([2H])([2H])[Si](C)(C)C. The molecule has 0 radical (unpaired) electrons. The number of aromatic nitrogens is 1.